The maximum absolute atomic E-state index is 13.4. The first-order valence-corrected chi connectivity index (χ1v) is 19.2. The highest BCUT2D eigenvalue weighted by Gasteiger charge is 2.37. The van der Waals surface area contributed by atoms with Gasteiger partial charge < -0.3 is 24.9 Å². The van der Waals surface area contributed by atoms with Crippen molar-refractivity contribution in [3.8, 4) is 33.6 Å². The monoisotopic (exact) mass is 744 g/mol. The summed E-state index contributed by atoms with van der Waals surface area (Å²) in [7, 11) is 3.12. The van der Waals surface area contributed by atoms with Gasteiger partial charge in [-0.1, -0.05) is 88.2 Å². The minimum atomic E-state index is -0.654. The lowest BCUT2D eigenvalue weighted by molar-refractivity contribution is -0.135. The van der Waals surface area contributed by atoms with Crippen LogP contribution < -0.4 is 10.2 Å². The third-order valence-corrected chi connectivity index (χ3v) is 10.7. The number of likely N-dealkylation sites (tertiary alicyclic amines) is 1. The number of imidazole rings is 2. The second-order valence-electron chi connectivity index (χ2n) is 14.9. The Hall–Kier alpha value is -5.78. The first-order valence-electron chi connectivity index (χ1n) is 19.2. The number of anilines is 1. The van der Waals surface area contributed by atoms with Crippen molar-refractivity contribution in [3.05, 3.63) is 97.5 Å². The fourth-order valence-corrected chi connectivity index (χ4v) is 7.54. The molecule has 3 aromatic heterocycles. The lowest BCUT2D eigenvalue weighted by Crippen LogP contribution is -2.51. The summed E-state index contributed by atoms with van der Waals surface area (Å²) in [6, 6.07) is 21.5. The first kappa shape index (κ1) is 38.9. The van der Waals surface area contributed by atoms with Crippen LogP contribution in [0.15, 0.2) is 91.6 Å². The number of carbonyl (C=O) groups is 3. The molecule has 4 heterocycles. The molecular formula is C43H52N8O4. The van der Waals surface area contributed by atoms with E-state index in [4.69, 9.17) is 4.74 Å². The minimum absolute atomic E-state index is 0.0739. The Morgan fingerprint density at radius 1 is 0.873 bits per heavy atom. The fourth-order valence-electron chi connectivity index (χ4n) is 7.54. The third-order valence-electron chi connectivity index (χ3n) is 10.7. The van der Waals surface area contributed by atoms with Crippen LogP contribution in [-0.2, 0) is 14.3 Å². The third kappa shape index (κ3) is 9.48. The van der Waals surface area contributed by atoms with Crippen LogP contribution >= 0.6 is 0 Å². The van der Waals surface area contributed by atoms with Crippen LogP contribution in [0.5, 0.6) is 0 Å². The second-order valence-corrected chi connectivity index (χ2v) is 14.9. The Bertz CT molecular complexity index is 1990. The normalized spacial score (nSPS) is 18.6. The average Bonchev–Trinajstić information content (AvgIpc) is 4.03. The van der Waals surface area contributed by atoms with Crippen LogP contribution in [0.2, 0.25) is 0 Å². The van der Waals surface area contributed by atoms with Gasteiger partial charge >= 0.3 is 6.09 Å². The lowest BCUT2D eigenvalue weighted by Gasteiger charge is -2.30. The molecule has 2 aromatic carbocycles. The zero-order valence-electron chi connectivity index (χ0n) is 32.4. The Balaban J connectivity index is 0.000000252. The van der Waals surface area contributed by atoms with E-state index in [1.165, 1.54) is 20.0 Å². The predicted octanol–water partition coefficient (Wildman–Crippen LogP) is 8.05. The summed E-state index contributed by atoms with van der Waals surface area (Å²) < 4.78 is 4.72. The standard InChI is InChI=1S/C29H32N6O3.C14H20N2O/c1-18(2)26(34-29(37)38-3)28(36)35-14-4-5-25(35)27-31-16-24(33-27)22-12-8-20(9-13-22)19-6-10-21(11-7-19)23-15-30-17-32-23;1-11-6-5-7-12(10-11)14(17)16(2)13-8-3-4-9-15-13/h6-13,15-18,25-26H,4-5,14H2,1-3H3,(H,30,32)(H,31,33)(H,34,37);3-4,8-9,11-12H,5-7,10H2,1-2H3/t;11-,12?/m.1/s1. The molecule has 288 valence electrons. The van der Waals surface area contributed by atoms with Crippen molar-refractivity contribution in [2.75, 3.05) is 25.6 Å². The number of aromatic amines is 2. The number of amides is 3. The number of ether oxygens (including phenoxy) is 1. The van der Waals surface area contributed by atoms with E-state index in [9.17, 15) is 14.4 Å². The van der Waals surface area contributed by atoms with Gasteiger partial charge in [-0.25, -0.2) is 19.7 Å². The molecule has 3 amide bonds. The van der Waals surface area contributed by atoms with Gasteiger partial charge in [-0.2, -0.15) is 0 Å². The smallest absolute Gasteiger partial charge is 0.407 e. The van der Waals surface area contributed by atoms with Gasteiger partial charge in [-0.3, -0.25) is 14.5 Å². The van der Waals surface area contributed by atoms with E-state index in [1.54, 1.807) is 17.4 Å². The highest BCUT2D eigenvalue weighted by Crippen LogP contribution is 2.34. The number of methoxy groups -OCH3 is 1. The van der Waals surface area contributed by atoms with E-state index in [1.807, 2.05) is 56.4 Å². The summed E-state index contributed by atoms with van der Waals surface area (Å²) in [6.45, 7) is 6.68. The molecule has 0 radical (unpaired) electrons. The summed E-state index contributed by atoms with van der Waals surface area (Å²) in [4.78, 5) is 60.5. The van der Waals surface area contributed by atoms with Gasteiger partial charge in [0, 0.05) is 25.7 Å². The first-order chi connectivity index (χ1) is 26.6. The molecule has 1 aliphatic heterocycles. The fraction of sp³-hybridized carbons (Fsp3) is 0.395. The van der Waals surface area contributed by atoms with Gasteiger partial charge in [0.15, 0.2) is 0 Å². The SMILES string of the molecule is COC(=O)NC(C(=O)N1CCCC1c1ncc(-c2ccc(-c3ccc(-c4cnc[nH]4)cc3)cc2)[nH]1)C(C)C.C[C@@H]1CCCC(C(=O)N(C)c2ccccn2)C1. The van der Waals surface area contributed by atoms with Crippen LogP contribution in [0.3, 0.4) is 0 Å². The quantitative estimate of drug-likeness (QED) is 0.138. The number of aromatic nitrogens is 5. The van der Waals surface area contributed by atoms with Gasteiger partial charge in [-0.15, -0.1) is 0 Å². The zero-order chi connectivity index (χ0) is 38.9. The van der Waals surface area contributed by atoms with Crippen LogP contribution in [0, 0.1) is 17.8 Å². The number of nitrogens with one attached hydrogen (secondary N) is 3. The molecule has 1 saturated carbocycles. The highest BCUT2D eigenvalue weighted by molar-refractivity contribution is 5.93. The average molecular weight is 745 g/mol. The molecule has 1 saturated heterocycles. The Labute approximate surface area is 323 Å². The van der Waals surface area contributed by atoms with Gasteiger partial charge in [0.05, 0.1) is 43.3 Å². The number of benzene rings is 2. The Morgan fingerprint density at radius 2 is 1.56 bits per heavy atom. The second kappa shape index (κ2) is 18.0. The van der Waals surface area contributed by atoms with Crippen molar-refractivity contribution in [3.63, 3.8) is 0 Å². The van der Waals surface area contributed by atoms with Crippen molar-refractivity contribution in [1.29, 1.82) is 0 Å². The number of hydrogen-bond acceptors (Lipinski definition) is 7. The molecule has 3 unspecified atom stereocenters. The van der Waals surface area contributed by atoms with Gasteiger partial charge in [0.2, 0.25) is 11.8 Å². The Morgan fingerprint density at radius 3 is 2.16 bits per heavy atom. The molecule has 1 aliphatic carbocycles. The zero-order valence-corrected chi connectivity index (χ0v) is 32.4. The van der Waals surface area contributed by atoms with Crippen molar-refractivity contribution in [2.45, 2.75) is 71.4 Å². The number of carbonyl (C=O) groups excluding carboxylic acids is 3. The number of nitrogens with zero attached hydrogens (tertiary/aromatic N) is 5. The molecule has 2 aliphatic rings. The van der Waals surface area contributed by atoms with Crippen LogP contribution in [0.25, 0.3) is 33.6 Å². The molecule has 3 N–H and O–H groups in total. The highest BCUT2D eigenvalue weighted by atomic mass is 16.5. The summed E-state index contributed by atoms with van der Waals surface area (Å²) in [5, 5.41) is 2.69. The number of rotatable bonds is 9. The van der Waals surface area contributed by atoms with E-state index in [0.29, 0.717) is 12.5 Å². The van der Waals surface area contributed by atoms with Crippen LogP contribution in [0.4, 0.5) is 10.6 Å². The molecule has 4 atom stereocenters. The maximum atomic E-state index is 13.4. The topological polar surface area (TPSA) is 149 Å². The number of alkyl carbamates (subject to hydrolysis) is 1. The number of hydrogen-bond donors (Lipinski definition) is 3. The molecule has 12 nitrogen and oxygen atoms in total. The van der Waals surface area contributed by atoms with Gasteiger partial charge in [-0.05, 0) is 71.9 Å². The summed E-state index contributed by atoms with van der Waals surface area (Å²) in [6.07, 6.45) is 12.6. The molecule has 0 bridgehead atoms. The maximum Gasteiger partial charge on any atom is 0.407 e. The van der Waals surface area contributed by atoms with Gasteiger partial charge in [0.1, 0.15) is 17.7 Å². The summed E-state index contributed by atoms with van der Waals surface area (Å²) in [5.41, 5.74) is 6.25. The molecule has 2 fully saturated rings. The van der Waals surface area contributed by atoms with Crippen molar-refractivity contribution in [2.24, 2.45) is 17.8 Å². The van der Waals surface area contributed by atoms with E-state index >= 15 is 0 Å². The molecule has 0 spiro atoms. The molecule has 55 heavy (non-hydrogen) atoms. The predicted molar refractivity (Wildman–Crippen MR) is 214 cm³/mol. The number of pyridine rings is 1. The van der Waals surface area contributed by atoms with Crippen LogP contribution in [0.1, 0.15) is 71.2 Å². The summed E-state index contributed by atoms with van der Waals surface area (Å²) >= 11 is 0. The van der Waals surface area contributed by atoms with Gasteiger partial charge in [0.25, 0.3) is 0 Å². The Kier molecular flexibility index (Phi) is 12.8. The molecule has 12 heteroatoms. The van der Waals surface area contributed by atoms with Crippen molar-refractivity contribution in [1.82, 2.24) is 35.1 Å². The van der Waals surface area contributed by atoms with Crippen molar-refractivity contribution < 1.29 is 19.1 Å². The minimum Gasteiger partial charge on any atom is -0.453 e. The number of H-pyrrole nitrogens is 2. The summed E-state index contributed by atoms with van der Waals surface area (Å²) in [5.74, 6) is 2.39. The largest absolute Gasteiger partial charge is 0.453 e. The van der Waals surface area contributed by atoms with Crippen molar-refractivity contribution >= 4 is 23.7 Å². The van der Waals surface area contributed by atoms with Crippen LogP contribution in [-0.4, -0.2) is 74.5 Å². The van der Waals surface area contributed by atoms with E-state index in [2.05, 4.69) is 85.7 Å². The molecule has 5 aromatic rings. The lowest BCUT2D eigenvalue weighted by atomic mass is 9.82. The molecular weight excluding hydrogens is 693 g/mol. The van der Waals surface area contributed by atoms with E-state index in [0.717, 1.165) is 71.0 Å². The van der Waals surface area contributed by atoms with E-state index in [-0.39, 0.29) is 29.7 Å². The molecule has 7 rings (SSSR count). The van der Waals surface area contributed by atoms with E-state index < -0.39 is 12.1 Å².